The fourth-order valence-corrected chi connectivity index (χ4v) is 9.02. The number of nitrogens with one attached hydrogen (secondary N) is 1. The van der Waals surface area contributed by atoms with Gasteiger partial charge < -0.3 is 25.0 Å². The van der Waals surface area contributed by atoms with Gasteiger partial charge in [-0.15, -0.1) is 0 Å². The second kappa shape index (κ2) is 11.1. The molecule has 44 heavy (non-hydrogen) atoms. The Kier molecular flexibility index (Phi) is 7.41. The van der Waals surface area contributed by atoms with Crippen molar-refractivity contribution in [2.45, 2.75) is 109 Å². The summed E-state index contributed by atoms with van der Waals surface area (Å²) >= 11 is 0. The molecule has 9 nitrogen and oxygen atoms in total. The Labute approximate surface area is 259 Å². The van der Waals surface area contributed by atoms with E-state index in [1.165, 1.54) is 32.1 Å². The van der Waals surface area contributed by atoms with Crippen molar-refractivity contribution >= 4 is 5.91 Å². The zero-order chi connectivity index (χ0) is 30.9. The summed E-state index contributed by atoms with van der Waals surface area (Å²) < 4.78 is 11.9. The van der Waals surface area contributed by atoms with Crippen LogP contribution in [0.15, 0.2) is 6.07 Å². The Morgan fingerprint density at radius 2 is 1.77 bits per heavy atom. The van der Waals surface area contributed by atoms with Crippen molar-refractivity contribution in [2.24, 2.45) is 5.92 Å². The maximum Gasteiger partial charge on any atom is 0.231 e. The van der Waals surface area contributed by atoms with Crippen molar-refractivity contribution in [1.82, 2.24) is 15.1 Å². The van der Waals surface area contributed by atoms with Gasteiger partial charge in [0.25, 0.3) is 0 Å². The number of aromatic hydroxyl groups is 2. The number of nitriles is 1. The van der Waals surface area contributed by atoms with E-state index in [1.807, 2.05) is 20.8 Å². The Morgan fingerprint density at radius 1 is 1.02 bits per heavy atom. The molecule has 1 saturated carbocycles. The van der Waals surface area contributed by atoms with E-state index < -0.39 is 12.1 Å². The largest absolute Gasteiger partial charge is 0.507 e. The van der Waals surface area contributed by atoms with Crippen LogP contribution in [0.5, 0.6) is 23.0 Å². The number of ether oxygens (including phenoxy) is 2. The first-order valence-corrected chi connectivity index (χ1v) is 16.3. The molecule has 5 aliphatic rings. The summed E-state index contributed by atoms with van der Waals surface area (Å²) in [6.07, 6.45) is 8.70. The minimum absolute atomic E-state index is 0.0151. The molecule has 0 radical (unpaired) electrons. The fraction of sp³-hybridized carbons (Fsp3) is 0.600. The van der Waals surface area contributed by atoms with E-state index in [9.17, 15) is 20.3 Å². The average Bonchev–Trinajstić information content (AvgIpc) is 3.51. The summed E-state index contributed by atoms with van der Waals surface area (Å²) in [5, 5.41) is 37.1. The number of likely N-dealkylation sites (N-methyl/N-ethyl adjacent to an activating group) is 1. The molecule has 1 aliphatic carbocycles. The molecule has 2 aromatic rings. The summed E-state index contributed by atoms with van der Waals surface area (Å²) in [5.74, 6) is 2.26. The highest BCUT2D eigenvalue weighted by Gasteiger charge is 2.56. The van der Waals surface area contributed by atoms with E-state index >= 15 is 0 Å². The lowest BCUT2D eigenvalue weighted by molar-refractivity contribution is -0.122. The lowest BCUT2D eigenvalue weighted by Gasteiger charge is -2.60. The minimum atomic E-state index is -0.475. The van der Waals surface area contributed by atoms with Gasteiger partial charge in [-0.2, -0.15) is 5.26 Å². The van der Waals surface area contributed by atoms with Crippen LogP contribution in [0, 0.1) is 38.0 Å². The molecule has 3 N–H and O–H groups in total. The summed E-state index contributed by atoms with van der Waals surface area (Å²) in [7, 11) is 2.05. The quantitative estimate of drug-likeness (QED) is 0.439. The Hall–Kier alpha value is -3.48. The lowest BCUT2D eigenvalue weighted by Crippen LogP contribution is -2.68. The van der Waals surface area contributed by atoms with Gasteiger partial charge >= 0.3 is 0 Å². The number of carbonyl (C=O) groups excluding carboxylic acids is 1. The normalized spacial score (nSPS) is 27.7. The highest BCUT2D eigenvalue weighted by molar-refractivity contribution is 5.76. The third-order valence-electron chi connectivity index (χ3n) is 11.5. The molecular weight excluding hydrogens is 556 g/mol. The molecule has 9 heteroatoms. The molecule has 1 saturated heterocycles. The number of phenols is 2. The number of carbonyl (C=O) groups is 1. The molecule has 0 spiro atoms. The third-order valence-corrected chi connectivity index (χ3v) is 11.5. The van der Waals surface area contributed by atoms with Crippen LogP contribution in [0.25, 0.3) is 0 Å². The predicted octanol–water partition coefficient (Wildman–Crippen LogP) is 5.00. The van der Waals surface area contributed by atoms with Gasteiger partial charge in [0, 0.05) is 47.3 Å². The SMILES string of the molecule is Cc1cc2c(c(O)c1C)[C@@H]1C3Cc4c(O)c(C)c5c(c4[C@H](CNC(=O)CCC4CCCCC4)N3[C@@H](C#N)[C@H](C2)N1C)OCO5. The van der Waals surface area contributed by atoms with Crippen LogP contribution in [-0.2, 0) is 17.6 Å². The van der Waals surface area contributed by atoms with E-state index in [4.69, 9.17) is 9.47 Å². The highest BCUT2D eigenvalue weighted by Crippen LogP contribution is 2.57. The zero-order valence-electron chi connectivity index (χ0n) is 26.3. The van der Waals surface area contributed by atoms with Gasteiger partial charge in [0.05, 0.1) is 18.2 Å². The number of piperazine rings is 1. The minimum Gasteiger partial charge on any atom is -0.507 e. The molecule has 1 unspecified atom stereocenters. The van der Waals surface area contributed by atoms with Crippen LogP contribution < -0.4 is 14.8 Å². The number of amides is 1. The molecule has 2 aromatic carbocycles. The first-order chi connectivity index (χ1) is 21.2. The first-order valence-electron chi connectivity index (χ1n) is 16.3. The molecule has 2 fully saturated rings. The standard InChI is InChI=1S/C35H44N4O5/c1-18-12-22-13-24-26(15-36)39-25(31(38(24)4)29(22)33(42)19(18)2)14-23-30(35-34(43-17-44-35)20(3)32(23)41)27(39)16-37-28(40)11-10-21-8-6-5-7-9-21/h12,21,24-27,31,41-42H,5-11,13-14,16-17H2,1-4H3,(H,37,40)/t24-,25?,26-,27-,31-/m0/s1. The molecule has 2 bridgehead atoms. The van der Waals surface area contributed by atoms with Gasteiger partial charge in [0.2, 0.25) is 12.7 Å². The zero-order valence-corrected chi connectivity index (χ0v) is 26.3. The second-order valence-corrected chi connectivity index (χ2v) is 13.7. The van der Waals surface area contributed by atoms with E-state index in [0.29, 0.717) is 54.5 Å². The summed E-state index contributed by atoms with van der Waals surface area (Å²) in [4.78, 5) is 17.8. The maximum atomic E-state index is 13.3. The lowest BCUT2D eigenvalue weighted by atomic mass is 9.71. The monoisotopic (exact) mass is 600 g/mol. The van der Waals surface area contributed by atoms with Gasteiger partial charge in [-0.25, -0.2) is 0 Å². The number of fused-ring (bicyclic) bond motifs is 9. The van der Waals surface area contributed by atoms with Crippen molar-refractivity contribution in [3.63, 3.8) is 0 Å². The first kappa shape index (κ1) is 29.2. The molecule has 4 heterocycles. The second-order valence-electron chi connectivity index (χ2n) is 13.7. The summed E-state index contributed by atoms with van der Waals surface area (Å²) in [5.41, 5.74) is 6.11. The number of hydrogen-bond acceptors (Lipinski definition) is 8. The number of phenolic OH excluding ortho intramolecular Hbond substituents is 2. The van der Waals surface area contributed by atoms with Crippen LogP contribution in [0.4, 0.5) is 0 Å². The smallest absolute Gasteiger partial charge is 0.231 e. The third kappa shape index (κ3) is 4.44. The Morgan fingerprint density at radius 3 is 2.52 bits per heavy atom. The summed E-state index contributed by atoms with van der Waals surface area (Å²) in [6, 6.07) is 3.39. The van der Waals surface area contributed by atoms with Crippen LogP contribution in [0.1, 0.15) is 96.0 Å². The van der Waals surface area contributed by atoms with Crippen LogP contribution in [0.2, 0.25) is 0 Å². The van der Waals surface area contributed by atoms with Gasteiger partial charge in [0.1, 0.15) is 17.5 Å². The molecular formula is C35H44N4O5. The van der Waals surface area contributed by atoms with Crippen molar-refractivity contribution in [3.8, 4) is 29.1 Å². The average molecular weight is 601 g/mol. The van der Waals surface area contributed by atoms with Crippen molar-refractivity contribution in [1.29, 1.82) is 5.26 Å². The molecule has 5 atom stereocenters. The van der Waals surface area contributed by atoms with Gasteiger partial charge in [-0.05, 0) is 69.7 Å². The van der Waals surface area contributed by atoms with E-state index in [1.54, 1.807) is 0 Å². The Bertz CT molecular complexity index is 1540. The molecule has 234 valence electrons. The fourth-order valence-electron chi connectivity index (χ4n) is 9.02. The van der Waals surface area contributed by atoms with Crippen molar-refractivity contribution < 1.29 is 24.5 Å². The maximum absolute atomic E-state index is 13.3. The van der Waals surface area contributed by atoms with Crippen molar-refractivity contribution in [3.05, 3.63) is 45.0 Å². The van der Waals surface area contributed by atoms with Crippen LogP contribution in [0.3, 0.4) is 0 Å². The topological polar surface area (TPSA) is 118 Å². The Balaban J connectivity index is 1.31. The van der Waals surface area contributed by atoms with Crippen LogP contribution >= 0.6 is 0 Å². The van der Waals surface area contributed by atoms with Crippen LogP contribution in [-0.4, -0.2) is 64.4 Å². The molecule has 0 aromatic heterocycles. The van der Waals surface area contributed by atoms with Gasteiger partial charge in [-0.1, -0.05) is 38.2 Å². The molecule has 4 aliphatic heterocycles. The van der Waals surface area contributed by atoms with E-state index in [-0.39, 0.29) is 36.6 Å². The number of nitrogens with zero attached hydrogens (tertiary/aromatic N) is 3. The van der Waals surface area contributed by atoms with Crippen molar-refractivity contribution in [2.75, 3.05) is 20.4 Å². The molecule has 1 amide bonds. The van der Waals surface area contributed by atoms with Gasteiger partial charge in [0.15, 0.2) is 11.5 Å². The number of aryl methyl sites for hydroxylation is 1. The number of benzene rings is 2. The van der Waals surface area contributed by atoms with Gasteiger partial charge in [-0.3, -0.25) is 14.6 Å². The number of hydrogen-bond donors (Lipinski definition) is 3. The van der Waals surface area contributed by atoms with E-state index in [0.717, 1.165) is 39.8 Å². The summed E-state index contributed by atoms with van der Waals surface area (Å²) in [6.45, 7) is 6.16. The highest BCUT2D eigenvalue weighted by atomic mass is 16.7. The number of rotatable bonds is 5. The molecule has 7 rings (SSSR count). The predicted molar refractivity (Wildman–Crippen MR) is 165 cm³/mol. The van der Waals surface area contributed by atoms with E-state index in [2.05, 4.69) is 34.3 Å².